The Morgan fingerprint density at radius 2 is 1.68 bits per heavy atom. The highest BCUT2D eigenvalue weighted by Gasteiger charge is 2.42. The second-order valence-electron chi connectivity index (χ2n) is 9.36. The number of rotatable bonds is 4. The molecule has 0 unspecified atom stereocenters. The van der Waals surface area contributed by atoms with Crippen molar-refractivity contribution in [1.82, 2.24) is 19.7 Å². The summed E-state index contributed by atoms with van der Waals surface area (Å²) in [6, 6.07) is 8.60. The predicted molar refractivity (Wildman–Crippen MR) is 128 cm³/mol. The molecule has 2 aliphatic heterocycles. The molecule has 0 saturated carbocycles. The molecule has 1 aromatic carbocycles. The minimum atomic E-state index is -4.53. The molecule has 2 aliphatic rings. The largest absolute Gasteiger partial charge is 0.465 e. The van der Waals surface area contributed by atoms with Gasteiger partial charge < -0.3 is 19.8 Å². The van der Waals surface area contributed by atoms with Gasteiger partial charge in [0, 0.05) is 56.3 Å². The van der Waals surface area contributed by atoms with Crippen LogP contribution in [0.15, 0.2) is 42.6 Å². The highest BCUT2D eigenvalue weighted by atomic mass is 35.5. The van der Waals surface area contributed by atoms with Crippen LogP contribution >= 0.6 is 11.6 Å². The van der Waals surface area contributed by atoms with Crippen molar-refractivity contribution < 1.29 is 32.7 Å². The molecule has 0 radical (unpaired) electrons. The van der Waals surface area contributed by atoms with E-state index in [2.05, 4.69) is 4.98 Å². The molecular weight excluding hydrogens is 513 g/mol. The van der Waals surface area contributed by atoms with Gasteiger partial charge in [-0.15, -0.1) is 0 Å². The van der Waals surface area contributed by atoms with Gasteiger partial charge in [-0.2, -0.15) is 13.2 Å². The van der Waals surface area contributed by atoms with Gasteiger partial charge in [-0.3, -0.25) is 14.6 Å². The van der Waals surface area contributed by atoms with E-state index in [4.69, 9.17) is 11.6 Å². The highest BCUT2D eigenvalue weighted by Crippen LogP contribution is 2.34. The van der Waals surface area contributed by atoms with Crippen LogP contribution in [0.3, 0.4) is 0 Å². The summed E-state index contributed by atoms with van der Waals surface area (Å²) in [6.07, 6.45) is -4.19. The molecule has 2 aromatic rings. The number of carbonyl (C=O) groups excluding carboxylic acids is 2. The SMILES string of the molecule is CN(C(=O)O)[C@@H]1CN(C(=O)C2CCN(C(=O)c3ccc(C(F)(F)F)cn3)CC2)C[C@H]1c1ccc(Cl)cc1. The standard InChI is InChI=1S/C25H26ClF3N4O4/c1-31(24(36)37)21-14-33(13-19(21)15-2-5-18(26)6-3-15)22(34)16-8-10-32(11-9-16)23(35)20-7-4-17(12-30-20)25(27,28)29/h2-7,12,16,19,21H,8-11,13-14H2,1H3,(H,36,37)/t19-,21+/m0/s1. The first-order valence-electron chi connectivity index (χ1n) is 11.8. The number of alkyl halides is 3. The molecule has 0 aliphatic carbocycles. The monoisotopic (exact) mass is 538 g/mol. The summed E-state index contributed by atoms with van der Waals surface area (Å²) in [5.74, 6) is -1.13. The lowest BCUT2D eigenvalue weighted by Gasteiger charge is -2.33. The van der Waals surface area contributed by atoms with Crippen LogP contribution in [0.4, 0.5) is 18.0 Å². The van der Waals surface area contributed by atoms with Crippen LogP contribution in [0.2, 0.25) is 5.02 Å². The number of hydrogen-bond donors (Lipinski definition) is 1. The average Bonchev–Trinajstić information content (AvgIpc) is 3.32. The predicted octanol–water partition coefficient (Wildman–Crippen LogP) is 4.21. The van der Waals surface area contributed by atoms with Crippen molar-refractivity contribution in [2.24, 2.45) is 5.92 Å². The van der Waals surface area contributed by atoms with Crippen molar-refractivity contribution in [3.05, 3.63) is 64.4 Å². The van der Waals surface area contributed by atoms with E-state index in [1.807, 2.05) is 12.1 Å². The Hall–Kier alpha value is -3.34. The van der Waals surface area contributed by atoms with Crippen LogP contribution in [0, 0.1) is 5.92 Å². The van der Waals surface area contributed by atoms with Gasteiger partial charge in [-0.05, 0) is 42.7 Å². The van der Waals surface area contributed by atoms with Gasteiger partial charge >= 0.3 is 12.3 Å². The summed E-state index contributed by atoms with van der Waals surface area (Å²) in [5, 5.41) is 10.1. The number of carboxylic acid groups (broad SMARTS) is 1. The molecule has 3 heterocycles. The number of nitrogens with zero attached hydrogens (tertiary/aromatic N) is 4. The lowest BCUT2D eigenvalue weighted by Crippen LogP contribution is -2.45. The number of halogens is 4. The zero-order chi connectivity index (χ0) is 26.9. The van der Waals surface area contributed by atoms with Gasteiger partial charge in [-0.25, -0.2) is 4.79 Å². The number of benzene rings is 1. The summed E-state index contributed by atoms with van der Waals surface area (Å²) >= 11 is 6.00. The zero-order valence-electron chi connectivity index (χ0n) is 20.0. The Balaban J connectivity index is 1.39. The minimum Gasteiger partial charge on any atom is -0.465 e. The van der Waals surface area contributed by atoms with Crippen molar-refractivity contribution >= 4 is 29.5 Å². The number of likely N-dealkylation sites (N-methyl/N-ethyl adjacent to an activating group) is 1. The van der Waals surface area contributed by atoms with Crippen LogP contribution in [0.1, 0.15) is 40.4 Å². The lowest BCUT2D eigenvalue weighted by atomic mass is 9.93. The van der Waals surface area contributed by atoms with Crippen LogP contribution in [-0.4, -0.2) is 82.0 Å². The summed E-state index contributed by atoms with van der Waals surface area (Å²) in [6.45, 7) is 1.15. The highest BCUT2D eigenvalue weighted by molar-refractivity contribution is 6.30. The van der Waals surface area contributed by atoms with Crippen molar-refractivity contribution in [3.63, 3.8) is 0 Å². The molecule has 2 saturated heterocycles. The van der Waals surface area contributed by atoms with E-state index in [-0.39, 0.29) is 43.1 Å². The Morgan fingerprint density at radius 1 is 1.03 bits per heavy atom. The zero-order valence-corrected chi connectivity index (χ0v) is 20.7. The maximum atomic E-state index is 13.4. The molecule has 2 atom stereocenters. The number of amides is 3. The third kappa shape index (κ3) is 5.82. The van der Waals surface area contributed by atoms with Crippen LogP contribution < -0.4 is 0 Å². The molecule has 0 bridgehead atoms. The molecule has 4 rings (SSSR count). The van der Waals surface area contributed by atoms with E-state index in [0.29, 0.717) is 30.6 Å². The van der Waals surface area contributed by atoms with E-state index >= 15 is 0 Å². The smallest absolute Gasteiger partial charge is 0.417 e. The first-order chi connectivity index (χ1) is 17.5. The number of pyridine rings is 1. The fourth-order valence-corrected chi connectivity index (χ4v) is 5.10. The van der Waals surface area contributed by atoms with E-state index in [0.717, 1.165) is 17.7 Å². The number of piperidine rings is 1. The Bertz CT molecular complexity index is 1150. The van der Waals surface area contributed by atoms with E-state index in [9.17, 15) is 32.7 Å². The number of carbonyl (C=O) groups is 3. The minimum absolute atomic E-state index is 0.0809. The van der Waals surface area contributed by atoms with Crippen LogP contribution in [0.5, 0.6) is 0 Å². The third-order valence-corrected chi connectivity index (χ3v) is 7.39. The first kappa shape index (κ1) is 26.7. The van der Waals surface area contributed by atoms with Gasteiger partial charge in [0.05, 0.1) is 11.6 Å². The molecule has 2 fully saturated rings. The molecular formula is C25H26ClF3N4O4. The second kappa shape index (κ2) is 10.6. The third-order valence-electron chi connectivity index (χ3n) is 7.14. The Morgan fingerprint density at radius 3 is 2.22 bits per heavy atom. The summed E-state index contributed by atoms with van der Waals surface area (Å²) in [7, 11) is 1.49. The Kier molecular flexibility index (Phi) is 7.63. The van der Waals surface area contributed by atoms with E-state index in [1.54, 1.807) is 17.0 Å². The molecule has 1 aromatic heterocycles. The van der Waals surface area contributed by atoms with Gasteiger partial charge in [-0.1, -0.05) is 23.7 Å². The molecule has 12 heteroatoms. The molecule has 3 amide bonds. The normalized spacial score (nSPS) is 20.7. The molecule has 198 valence electrons. The fraction of sp³-hybridized carbons (Fsp3) is 0.440. The van der Waals surface area contributed by atoms with Gasteiger partial charge in [0.1, 0.15) is 5.69 Å². The lowest BCUT2D eigenvalue weighted by molar-refractivity contribution is -0.138. The molecule has 0 spiro atoms. The number of aromatic nitrogens is 1. The van der Waals surface area contributed by atoms with Crippen LogP contribution in [0.25, 0.3) is 0 Å². The van der Waals surface area contributed by atoms with E-state index in [1.165, 1.54) is 16.8 Å². The molecule has 37 heavy (non-hydrogen) atoms. The summed E-state index contributed by atoms with van der Waals surface area (Å²) in [5.41, 5.74) is -0.118. The summed E-state index contributed by atoms with van der Waals surface area (Å²) in [4.78, 5) is 45.8. The van der Waals surface area contributed by atoms with Crippen molar-refractivity contribution in [2.45, 2.75) is 31.0 Å². The average molecular weight is 539 g/mol. The van der Waals surface area contributed by atoms with Gasteiger partial charge in [0.2, 0.25) is 5.91 Å². The van der Waals surface area contributed by atoms with E-state index < -0.39 is 29.8 Å². The second-order valence-corrected chi connectivity index (χ2v) is 9.79. The van der Waals surface area contributed by atoms with Crippen molar-refractivity contribution in [2.75, 3.05) is 33.2 Å². The molecule has 1 N–H and O–H groups in total. The topological polar surface area (TPSA) is 94.0 Å². The van der Waals surface area contributed by atoms with Crippen molar-refractivity contribution in [1.29, 1.82) is 0 Å². The Labute approximate surface area is 216 Å². The maximum absolute atomic E-state index is 13.4. The quantitative estimate of drug-likeness (QED) is 0.629. The number of hydrogen-bond acceptors (Lipinski definition) is 4. The van der Waals surface area contributed by atoms with Crippen LogP contribution in [-0.2, 0) is 11.0 Å². The summed E-state index contributed by atoms with van der Waals surface area (Å²) < 4.78 is 38.3. The first-order valence-corrected chi connectivity index (χ1v) is 12.2. The fourth-order valence-electron chi connectivity index (χ4n) is 4.98. The number of likely N-dealkylation sites (tertiary alicyclic amines) is 2. The van der Waals surface area contributed by atoms with Gasteiger partial charge in [0.25, 0.3) is 5.91 Å². The molecule has 8 nitrogen and oxygen atoms in total. The van der Waals surface area contributed by atoms with Gasteiger partial charge in [0.15, 0.2) is 0 Å². The van der Waals surface area contributed by atoms with Crippen molar-refractivity contribution in [3.8, 4) is 0 Å². The maximum Gasteiger partial charge on any atom is 0.417 e.